The Labute approximate surface area is 122 Å². The molecule has 2 heterocycles. The van der Waals surface area contributed by atoms with Crippen molar-refractivity contribution in [3.8, 4) is 11.3 Å². The molecule has 21 heavy (non-hydrogen) atoms. The largest absolute Gasteiger partial charge is 0.309 e. The summed E-state index contributed by atoms with van der Waals surface area (Å²) in [5, 5.41) is 2.90. The molecule has 1 N–H and O–H groups in total. The Hall–Kier alpha value is -2.62. The second kappa shape index (κ2) is 4.74. The van der Waals surface area contributed by atoms with Crippen LogP contribution in [0, 0.1) is 5.92 Å². The summed E-state index contributed by atoms with van der Waals surface area (Å²) in [6.07, 6.45) is 3.88. The van der Waals surface area contributed by atoms with E-state index in [0.717, 1.165) is 29.7 Å². The van der Waals surface area contributed by atoms with Crippen LogP contribution in [0.2, 0.25) is 0 Å². The monoisotopic (exact) mass is 277 g/mol. The van der Waals surface area contributed by atoms with Crippen LogP contribution in [-0.2, 0) is 4.79 Å². The van der Waals surface area contributed by atoms with Gasteiger partial charge in [-0.25, -0.2) is 4.98 Å². The van der Waals surface area contributed by atoms with E-state index in [1.54, 1.807) is 0 Å². The van der Waals surface area contributed by atoms with Crippen molar-refractivity contribution in [2.45, 2.75) is 12.8 Å². The van der Waals surface area contributed by atoms with Crippen molar-refractivity contribution in [1.82, 2.24) is 9.38 Å². The number of benzene rings is 1. The molecule has 1 aliphatic carbocycles. The van der Waals surface area contributed by atoms with E-state index in [1.165, 1.54) is 0 Å². The first-order valence-corrected chi connectivity index (χ1v) is 7.16. The molecule has 4 nitrogen and oxygen atoms in total. The summed E-state index contributed by atoms with van der Waals surface area (Å²) < 4.78 is 2.01. The predicted molar refractivity (Wildman–Crippen MR) is 82.0 cm³/mol. The summed E-state index contributed by atoms with van der Waals surface area (Å²) in [6, 6.07) is 16.1. The van der Waals surface area contributed by atoms with Crippen LogP contribution in [0.25, 0.3) is 16.9 Å². The molecule has 2 aromatic heterocycles. The maximum atomic E-state index is 11.8. The SMILES string of the molecule is O=C(Nc1cn2c(-c3ccccc3)cccc2n1)C1CC1. The number of amides is 1. The minimum absolute atomic E-state index is 0.0830. The molecule has 1 fully saturated rings. The van der Waals surface area contributed by atoms with Gasteiger partial charge in [0.2, 0.25) is 5.91 Å². The van der Waals surface area contributed by atoms with Crippen LogP contribution >= 0.6 is 0 Å². The van der Waals surface area contributed by atoms with E-state index in [9.17, 15) is 4.79 Å². The molecule has 0 aliphatic heterocycles. The molecular formula is C17H15N3O. The first-order chi connectivity index (χ1) is 10.3. The fourth-order valence-corrected chi connectivity index (χ4v) is 2.49. The lowest BCUT2D eigenvalue weighted by Gasteiger charge is -2.04. The highest BCUT2D eigenvalue weighted by Crippen LogP contribution is 2.30. The van der Waals surface area contributed by atoms with Crippen LogP contribution in [0.1, 0.15) is 12.8 Å². The van der Waals surface area contributed by atoms with Crippen molar-refractivity contribution < 1.29 is 4.79 Å². The van der Waals surface area contributed by atoms with E-state index < -0.39 is 0 Å². The number of imidazole rings is 1. The molecule has 4 heteroatoms. The lowest BCUT2D eigenvalue weighted by Crippen LogP contribution is -2.13. The third-order valence-corrected chi connectivity index (χ3v) is 3.76. The predicted octanol–water partition coefficient (Wildman–Crippen LogP) is 3.35. The number of nitrogens with one attached hydrogen (secondary N) is 1. The van der Waals surface area contributed by atoms with E-state index in [4.69, 9.17) is 0 Å². The van der Waals surface area contributed by atoms with Crippen molar-refractivity contribution in [2.24, 2.45) is 5.92 Å². The van der Waals surface area contributed by atoms with E-state index in [1.807, 2.05) is 40.9 Å². The highest BCUT2D eigenvalue weighted by atomic mass is 16.2. The molecule has 4 rings (SSSR count). The van der Waals surface area contributed by atoms with Crippen molar-refractivity contribution in [3.05, 3.63) is 54.7 Å². The van der Waals surface area contributed by atoms with Crippen molar-refractivity contribution in [1.29, 1.82) is 0 Å². The maximum Gasteiger partial charge on any atom is 0.228 e. The molecule has 0 atom stereocenters. The number of fused-ring (bicyclic) bond motifs is 1. The average Bonchev–Trinajstić information content (AvgIpc) is 3.28. The highest BCUT2D eigenvalue weighted by molar-refractivity contribution is 5.93. The minimum atomic E-state index is 0.0830. The minimum Gasteiger partial charge on any atom is -0.309 e. The van der Waals surface area contributed by atoms with Crippen molar-refractivity contribution in [2.75, 3.05) is 5.32 Å². The Morgan fingerprint density at radius 1 is 1.10 bits per heavy atom. The second-order valence-corrected chi connectivity index (χ2v) is 5.39. The van der Waals surface area contributed by atoms with Crippen molar-refractivity contribution in [3.63, 3.8) is 0 Å². The summed E-state index contributed by atoms with van der Waals surface area (Å²) >= 11 is 0. The zero-order valence-corrected chi connectivity index (χ0v) is 11.5. The van der Waals surface area contributed by atoms with Gasteiger partial charge in [0, 0.05) is 5.92 Å². The topological polar surface area (TPSA) is 46.4 Å². The Morgan fingerprint density at radius 3 is 2.67 bits per heavy atom. The van der Waals surface area contributed by atoms with Crippen LogP contribution in [-0.4, -0.2) is 15.3 Å². The first-order valence-electron chi connectivity index (χ1n) is 7.16. The molecule has 1 aliphatic rings. The molecule has 1 saturated carbocycles. The molecule has 0 spiro atoms. The number of nitrogens with zero attached hydrogens (tertiary/aromatic N) is 2. The second-order valence-electron chi connectivity index (χ2n) is 5.39. The van der Waals surface area contributed by atoms with Crippen molar-refractivity contribution >= 4 is 17.4 Å². The van der Waals surface area contributed by atoms with Gasteiger partial charge >= 0.3 is 0 Å². The molecule has 1 amide bonds. The van der Waals surface area contributed by atoms with Crippen LogP contribution < -0.4 is 5.32 Å². The van der Waals surface area contributed by atoms with E-state index >= 15 is 0 Å². The standard InChI is InChI=1S/C17H15N3O/c21-17(13-9-10-13)19-15-11-20-14(7-4-8-16(20)18-15)12-5-2-1-3-6-12/h1-8,11,13H,9-10H2,(H,19,21). The number of aromatic nitrogens is 2. The van der Waals surface area contributed by atoms with Gasteiger partial charge in [-0.1, -0.05) is 36.4 Å². The van der Waals surface area contributed by atoms with Crippen LogP contribution in [0.3, 0.4) is 0 Å². The number of anilines is 1. The van der Waals surface area contributed by atoms with Crippen LogP contribution in [0.15, 0.2) is 54.7 Å². The fourth-order valence-electron chi connectivity index (χ4n) is 2.49. The normalized spacial score (nSPS) is 14.3. The summed E-state index contributed by atoms with van der Waals surface area (Å²) in [5.74, 6) is 0.887. The van der Waals surface area contributed by atoms with E-state index in [2.05, 4.69) is 28.5 Å². The number of hydrogen-bond donors (Lipinski definition) is 1. The summed E-state index contributed by atoms with van der Waals surface area (Å²) in [7, 11) is 0. The molecular weight excluding hydrogens is 262 g/mol. The molecule has 3 aromatic rings. The Kier molecular flexibility index (Phi) is 2.74. The van der Waals surface area contributed by atoms with E-state index in [-0.39, 0.29) is 11.8 Å². The Morgan fingerprint density at radius 2 is 1.90 bits per heavy atom. The van der Waals surface area contributed by atoms with E-state index in [0.29, 0.717) is 5.82 Å². The number of carbonyl (C=O) groups is 1. The summed E-state index contributed by atoms with van der Waals surface area (Å²) in [6.45, 7) is 0. The maximum absolute atomic E-state index is 11.8. The number of hydrogen-bond acceptors (Lipinski definition) is 2. The van der Waals surface area contributed by atoms with Crippen LogP contribution in [0.5, 0.6) is 0 Å². The van der Waals surface area contributed by atoms with Gasteiger partial charge in [0.1, 0.15) is 5.65 Å². The molecule has 0 bridgehead atoms. The fraction of sp³-hybridized carbons (Fsp3) is 0.176. The van der Waals surface area contributed by atoms with Gasteiger partial charge in [-0.2, -0.15) is 0 Å². The van der Waals surface area contributed by atoms with Gasteiger partial charge in [-0.15, -0.1) is 0 Å². The van der Waals surface area contributed by atoms with Gasteiger partial charge in [0.15, 0.2) is 5.82 Å². The van der Waals surface area contributed by atoms with Gasteiger partial charge in [-0.05, 0) is 30.5 Å². The Bertz CT molecular complexity index is 803. The van der Waals surface area contributed by atoms with Gasteiger partial charge in [0.05, 0.1) is 11.9 Å². The van der Waals surface area contributed by atoms with Gasteiger partial charge < -0.3 is 5.32 Å². The summed E-state index contributed by atoms with van der Waals surface area (Å²) in [5.41, 5.74) is 3.02. The molecule has 0 radical (unpaired) electrons. The molecule has 0 unspecified atom stereocenters. The zero-order chi connectivity index (χ0) is 14.2. The third kappa shape index (κ3) is 2.29. The van der Waals surface area contributed by atoms with Gasteiger partial charge in [-0.3, -0.25) is 9.20 Å². The average molecular weight is 277 g/mol. The quantitative estimate of drug-likeness (QED) is 0.798. The number of rotatable bonds is 3. The lowest BCUT2D eigenvalue weighted by molar-refractivity contribution is -0.117. The number of pyridine rings is 1. The lowest BCUT2D eigenvalue weighted by atomic mass is 10.1. The van der Waals surface area contributed by atoms with Crippen LogP contribution in [0.4, 0.5) is 5.82 Å². The summed E-state index contributed by atoms with van der Waals surface area (Å²) in [4.78, 5) is 16.3. The van der Waals surface area contributed by atoms with Gasteiger partial charge in [0.25, 0.3) is 0 Å². The number of carbonyl (C=O) groups excluding carboxylic acids is 1. The third-order valence-electron chi connectivity index (χ3n) is 3.76. The first kappa shape index (κ1) is 12.1. The molecule has 104 valence electrons. The zero-order valence-electron chi connectivity index (χ0n) is 11.5. The Balaban J connectivity index is 1.75. The molecule has 0 saturated heterocycles. The highest BCUT2D eigenvalue weighted by Gasteiger charge is 2.30. The molecule has 1 aromatic carbocycles. The smallest absolute Gasteiger partial charge is 0.228 e.